The Hall–Kier alpha value is -2.77. The summed E-state index contributed by atoms with van der Waals surface area (Å²) in [4.78, 5) is 12.3. The molecule has 0 saturated carbocycles. The molecule has 7 heteroatoms. The van der Waals surface area contributed by atoms with Gasteiger partial charge in [-0.05, 0) is 42.3 Å². The van der Waals surface area contributed by atoms with Gasteiger partial charge in [-0.3, -0.25) is 4.99 Å². The van der Waals surface area contributed by atoms with Crippen molar-refractivity contribution in [1.82, 2.24) is 9.88 Å². The maximum absolute atomic E-state index is 5.92. The van der Waals surface area contributed by atoms with Crippen LogP contribution in [0.15, 0.2) is 58.5 Å². The molecule has 3 aromatic rings. The van der Waals surface area contributed by atoms with Gasteiger partial charge in [0, 0.05) is 36.7 Å². The van der Waals surface area contributed by atoms with Gasteiger partial charge in [-0.1, -0.05) is 30.3 Å². The topological polar surface area (TPSA) is 56.2 Å². The van der Waals surface area contributed by atoms with Crippen LogP contribution in [-0.4, -0.2) is 41.1 Å². The summed E-state index contributed by atoms with van der Waals surface area (Å²) in [5, 5.41) is 3.10. The number of hydrogen-bond acceptors (Lipinski definition) is 6. The van der Waals surface area contributed by atoms with Crippen molar-refractivity contribution in [3.05, 3.63) is 59.7 Å². The van der Waals surface area contributed by atoms with Gasteiger partial charge in [-0.25, -0.2) is 4.98 Å². The molecule has 0 bridgehead atoms. The molecule has 2 aromatic carbocycles. The molecule has 1 saturated heterocycles. The lowest BCUT2D eigenvalue weighted by Gasteiger charge is -2.32. The highest BCUT2D eigenvalue weighted by molar-refractivity contribution is 8.13. The molecule has 1 fully saturated rings. The second-order valence-electron chi connectivity index (χ2n) is 8.05. The van der Waals surface area contributed by atoms with Crippen LogP contribution < -0.4 is 9.47 Å². The molecule has 0 radical (unpaired) electrons. The van der Waals surface area contributed by atoms with Gasteiger partial charge in [0.2, 0.25) is 6.79 Å². The van der Waals surface area contributed by atoms with Gasteiger partial charge in [0.25, 0.3) is 0 Å². The fraction of sp³-hybridized carbons (Fsp3) is 0.333. The Morgan fingerprint density at radius 3 is 2.81 bits per heavy atom. The predicted molar refractivity (Wildman–Crippen MR) is 121 cm³/mol. The minimum Gasteiger partial charge on any atom is -0.454 e. The van der Waals surface area contributed by atoms with Crippen LogP contribution in [0.2, 0.25) is 0 Å². The first-order chi connectivity index (χ1) is 15.3. The van der Waals surface area contributed by atoms with Crippen LogP contribution in [0.5, 0.6) is 11.5 Å². The van der Waals surface area contributed by atoms with Crippen LogP contribution in [0.25, 0.3) is 10.9 Å². The number of benzene rings is 2. The average molecular weight is 434 g/mol. The second kappa shape index (κ2) is 8.05. The monoisotopic (exact) mass is 433 g/mol. The quantitative estimate of drug-likeness (QED) is 0.599. The maximum Gasteiger partial charge on any atom is 0.231 e. The highest BCUT2D eigenvalue weighted by Gasteiger charge is 2.28. The summed E-state index contributed by atoms with van der Waals surface area (Å²) in [7, 11) is 0. The zero-order valence-electron chi connectivity index (χ0n) is 17.1. The lowest BCUT2D eigenvalue weighted by Crippen LogP contribution is -2.38. The number of thioether (sulfide) groups is 1. The summed E-state index contributed by atoms with van der Waals surface area (Å²) < 4.78 is 17.0. The number of hydrogen-bond donors (Lipinski definition) is 0. The number of pyridine rings is 1. The van der Waals surface area contributed by atoms with Gasteiger partial charge in [-0.15, -0.1) is 0 Å². The first-order valence-electron chi connectivity index (χ1n) is 10.7. The van der Waals surface area contributed by atoms with Crippen LogP contribution in [0, 0.1) is 0 Å². The average Bonchev–Trinajstić information content (AvgIpc) is 3.47. The summed E-state index contributed by atoms with van der Waals surface area (Å²) >= 11 is 1.65. The van der Waals surface area contributed by atoms with E-state index < -0.39 is 0 Å². The van der Waals surface area contributed by atoms with Crippen molar-refractivity contribution in [2.24, 2.45) is 4.99 Å². The number of aliphatic imine (C=N–C) groups is 1. The van der Waals surface area contributed by atoms with Crippen LogP contribution >= 0.6 is 11.8 Å². The Kier molecular flexibility index (Phi) is 4.92. The van der Waals surface area contributed by atoms with Gasteiger partial charge < -0.3 is 19.1 Å². The molecule has 1 aromatic heterocycles. The number of nitrogens with zero attached hydrogens (tertiary/aromatic N) is 3. The molecule has 6 nitrogen and oxygen atoms in total. The zero-order chi connectivity index (χ0) is 20.6. The Balaban J connectivity index is 1.34. The molecule has 31 heavy (non-hydrogen) atoms. The smallest absolute Gasteiger partial charge is 0.231 e. The molecule has 3 aliphatic rings. The van der Waals surface area contributed by atoms with Crippen LogP contribution in [0.4, 0.5) is 0 Å². The summed E-state index contributed by atoms with van der Waals surface area (Å²) in [6.45, 7) is 3.43. The van der Waals surface area contributed by atoms with Gasteiger partial charge in [0.05, 0.1) is 18.2 Å². The number of rotatable bonds is 4. The molecule has 0 aliphatic carbocycles. The molecule has 4 heterocycles. The number of ether oxygens (including phenoxy) is 3. The van der Waals surface area contributed by atoms with Crippen molar-refractivity contribution < 1.29 is 14.2 Å². The SMILES string of the molecule is c1ccc(CN=C2Sc3nc4cc5c(cc4cc3CN2C[C@@H]2CCCO2)OCO5)cc1. The van der Waals surface area contributed by atoms with E-state index in [4.69, 9.17) is 24.2 Å². The second-order valence-corrected chi connectivity index (χ2v) is 9.01. The molecule has 1 atom stereocenters. The molecule has 3 aliphatic heterocycles. The fourth-order valence-corrected chi connectivity index (χ4v) is 5.24. The molecule has 0 spiro atoms. The van der Waals surface area contributed by atoms with Crippen molar-refractivity contribution in [3.8, 4) is 11.5 Å². The van der Waals surface area contributed by atoms with Crippen molar-refractivity contribution >= 4 is 27.8 Å². The normalized spacial score (nSPS) is 21.1. The van der Waals surface area contributed by atoms with Crippen LogP contribution in [0.1, 0.15) is 24.0 Å². The van der Waals surface area contributed by atoms with Gasteiger partial charge in [-0.2, -0.15) is 0 Å². The van der Waals surface area contributed by atoms with E-state index in [1.807, 2.05) is 18.2 Å². The summed E-state index contributed by atoms with van der Waals surface area (Å²) in [6, 6.07) is 16.6. The van der Waals surface area contributed by atoms with Crippen molar-refractivity contribution in [2.45, 2.75) is 37.1 Å². The first-order valence-corrected chi connectivity index (χ1v) is 11.5. The Morgan fingerprint density at radius 1 is 1.10 bits per heavy atom. The van der Waals surface area contributed by atoms with Gasteiger partial charge in [0.15, 0.2) is 16.7 Å². The van der Waals surface area contributed by atoms with Crippen molar-refractivity contribution in [1.29, 1.82) is 0 Å². The third-order valence-electron chi connectivity index (χ3n) is 5.86. The minimum absolute atomic E-state index is 0.269. The van der Waals surface area contributed by atoms with E-state index in [1.165, 1.54) is 11.1 Å². The zero-order valence-corrected chi connectivity index (χ0v) is 17.9. The maximum atomic E-state index is 5.92. The first kappa shape index (κ1) is 19.0. The lowest BCUT2D eigenvalue weighted by atomic mass is 10.1. The fourth-order valence-electron chi connectivity index (χ4n) is 4.27. The number of fused-ring (bicyclic) bond motifs is 3. The summed E-state index contributed by atoms with van der Waals surface area (Å²) in [6.07, 6.45) is 2.52. The van der Waals surface area contributed by atoms with Crippen molar-refractivity contribution in [3.63, 3.8) is 0 Å². The largest absolute Gasteiger partial charge is 0.454 e. The Bertz CT molecular complexity index is 1150. The van der Waals surface area contributed by atoms with E-state index in [0.29, 0.717) is 6.54 Å². The van der Waals surface area contributed by atoms with E-state index in [9.17, 15) is 0 Å². The summed E-state index contributed by atoms with van der Waals surface area (Å²) in [5.74, 6) is 1.55. The van der Waals surface area contributed by atoms with E-state index in [1.54, 1.807) is 11.8 Å². The van der Waals surface area contributed by atoms with Gasteiger partial charge >= 0.3 is 0 Å². The molecule has 0 unspecified atom stereocenters. The highest BCUT2D eigenvalue weighted by Crippen LogP contribution is 2.39. The van der Waals surface area contributed by atoms with E-state index in [0.717, 1.165) is 65.1 Å². The summed E-state index contributed by atoms with van der Waals surface area (Å²) in [5.41, 5.74) is 3.34. The number of amidine groups is 1. The molecule has 158 valence electrons. The minimum atomic E-state index is 0.269. The van der Waals surface area contributed by atoms with Crippen LogP contribution in [0.3, 0.4) is 0 Å². The molecular weight excluding hydrogens is 410 g/mol. The number of aromatic nitrogens is 1. The Morgan fingerprint density at radius 2 is 1.97 bits per heavy atom. The molecular formula is C24H23N3O3S. The third-order valence-corrected chi connectivity index (χ3v) is 6.97. The predicted octanol–water partition coefficient (Wildman–Crippen LogP) is 4.61. The standard InChI is InChI=1S/C24H23N3O3S/c1-2-5-16(6-3-1)12-25-24-27(14-19-7-4-8-28-19)13-18-9-17-10-21-22(30-15-29-21)11-20(17)26-23(18)31-24/h1-3,5-6,9-11,19H,4,7-8,12-15H2/t19-/m0/s1. The van der Waals surface area contributed by atoms with E-state index >= 15 is 0 Å². The van der Waals surface area contributed by atoms with E-state index in [-0.39, 0.29) is 12.9 Å². The highest BCUT2D eigenvalue weighted by atomic mass is 32.2. The third kappa shape index (κ3) is 3.83. The van der Waals surface area contributed by atoms with Gasteiger partial charge in [0.1, 0.15) is 5.03 Å². The van der Waals surface area contributed by atoms with Crippen molar-refractivity contribution in [2.75, 3.05) is 19.9 Å². The molecule has 0 N–H and O–H groups in total. The Labute approximate surface area is 185 Å². The lowest BCUT2D eigenvalue weighted by molar-refractivity contribution is 0.0902. The molecule has 0 amide bonds. The molecule has 6 rings (SSSR count). The van der Waals surface area contributed by atoms with E-state index in [2.05, 4.69) is 35.2 Å². The van der Waals surface area contributed by atoms with Crippen LogP contribution in [-0.2, 0) is 17.8 Å².